The summed E-state index contributed by atoms with van der Waals surface area (Å²) in [5.74, 6) is 0. The summed E-state index contributed by atoms with van der Waals surface area (Å²) < 4.78 is 104. The molecule has 0 aromatic rings. The van der Waals surface area contributed by atoms with E-state index in [9.17, 15) is 0 Å². The van der Waals surface area contributed by atoms with Gasteiger partial charge in [0.15, 0.2) is 17.9 Å². The molecular weight excluding hydrogens is 457 g/mol. The van der Waals surface area contributed by atoms with E-state index in [0.29, 0.717) is 0 Å². The number of hydrogen-bond acceptors (Lipinski definition) is 7. The van der Waals surface area contributed by atoms with Gasteiger partial charge in [0, 0.05) is 2.47 Å². The molecule has 0 aliphatic carbocycles. The molecule has 0 aromatic carbocycles. The molecule has 0 aromatic heterocycles. The van der Waals surface area contributed by atoms with E-state index in [1.807, 2.05) is 0 Å². The van der Waals surface area contributed by atoms with Crippen molar-refractivity contribution in [1.82, 2.24) is 0 Å². The molecule has 6 atom stereocenters. The zero-order chi connectivity index (χ0) is 26.9. The van der Waals surface area contributed by atoms with Crippen LogP contribution in [0.2, 0.25) is 65.5 Å². The lowest BCUT2D eigenvalue weighted by molar-refractivity contribution is 0.320. The van der Waals surface area contributed by atoms with E-state index in [0.717, 1.165) is 0 Å². The quantitative estimate of drug-likeness (QED) is 0.309. The lowest BCUT2D eigenvalue weighted by Crippen LogP contribution is -2.41. The van der Waals surface area contributed by atoms with Crippen molar-refractivity contribution in [1.29, 1.82) is 9.88 Å². The maximum atomic E-state index is 8.42. The first-order chi connectivity index (χ1) is 13.9. The van der Waals surface area contributed by atoms with Gasteiger partial charge in [-0.3, -0.25) is 0 Å². The van der Waals surface area contributed by atoms with Crippen molar-refractivity contribution in [2.45, 2.75) is 65.5 Å². The van der Waals surface area contributed by atoms with Gasteiger partial charge in [0.1, 0.15) is 0 Å². The van der Waals surface area contributed by atoms with Gasteiger partial charge in [-0.05, 0) is 65.5 Å². The molecule has 0 saturated carbocycles. The highest BCUT2D eigenvalue weighted by Crippen LogP contribution is 2.04. The van der Waals surface area contributed by atoms with Gasteiger partial charge in [-0.2, -0.15) is 0 Å². The molecule has 0 radical (unpaired) electrons. The number of hydrogen-bond donors (Lipinski definition) is 0. The molecule has 15 heteroatoms. The van der Waals surface area contributed by atoms with E-state index in [4.69, 9.17) is 38.7 Å². The maximum absolute atomic E-state index is 8.42. The second-order valence-corrected chi connectivity index (χ2v) is 20.7. The smallest absolute Gasteiger partial charge is 0.300 e. The minimum absolute atomic E-state index is 1.29. The topological polar surface area (TPSA) is 64.6 Å². The van der Waals surface area contributed by atoms with E-state index in [1.165, 1.54) is 39.3 Å². The fourth-order valence-corrected chi connectivity index (χ4v) is 17.7. The van der Waals surface area contributed by atoms with Gasteiger partial charge >= 0.3 is 0 Å². The highest BCUT2D eigenvalue weighted by atomic mass is 28.5. The lowest BCUT2D eigenvalue weighted by atomic mass is 11.9. The first kappa shape index (κ1) is 15.3. The molecule has 0 fully saturated rings. The van der Waals surface area contributed by atoms with Crippen LogP contribution >= 0.6 is 0 Å². The van der Waals surface area contributed by atoms with Crippen molar-refractivity contribution in [3.8, 4) is 0 Å². The van der Waals surface area contributed by atoms with Gasteiger partial charge in [-0.15, -0.1) is 0 Å². The Kier molecular flexibility index (Phi) is 8.85. The average molecular weight is 511 g/mol. The van der Waals surface area contributed by atoms with Crippen LogP contribution in [-0.2, 0) is 28.8 Å². The average Bonchev–Trinajstić information content (AvgIpc) is 2.20. The Morgan fingerprint density at radius 3 is 0.680 bits per heavy atom. The van der Waals surface area contributed by atoms with Crippen LogP contribution < -0.4 is 0 Å². The van der Waals surface area contributed by atoms with Gasteiger partial charge in [0.2, 0.25) is 0 Å². The second-order valence-electron chi connectivity index (χ2n) is 5.48. The summed E-state index contributed by atoms with van der Waals surface area (Å²) in [4.78, 5) is 0. The Balaban J connectivity index is 5.27. The van der Waals surface area contributed by atoms with E-state index in [1.54, 1.807) is 26.2 Å². The molecule has 152 valence electrons. The molecule has 0 heterocycles. The molecule has 6 unspecified atom stereocenters. The molecule has 0 bridgehead atoms. The van der Waals surface area contributed by atoms with Crippen LogP contribution in [-0.4, -0.2) is 83.1 Å². The number of rotatable bonds is 14. The Bertz CT molecular complexity index is 605. The molecule has 0 N–H and O–H groups in total. The summed E-state index contributed by atoms with van der Waals surface area (Å²) in [5, 5.41) is 0. The first-order valence-corrected chi connectivity index (χ1v) is 23.6. The standard InChI is InChI=1S/C10H38O7Si8/c1-18(2)11-20(5)13-22(7)15-24(9)17-25(10)16-23(8)14-21(6)12-19(3)4/h18-25H,1-10H3/i18T,19T,20T,21T,22T,23T,24T,25T. The predicted octanol–water partition coefficient (Wildman–Crippen LogP) is 0.171. The van der Waals surface area contributed by atoms with Crippen molar-refractivity contribution in [2.75, 3.05) is 0 Å². The van der Waals surface area contributed by atoms with Crippen LogP contribution in [0.4, 0.5) is 0 Å². The van der Waals surface area contributed by atoms with Crippen LogP contribution in [0.15, 0.2) is 0 Å². The molecule has 0 aliphatic rings. The Morgan fingerprint density at radius 2 is 0.520 bits per heavy atom. The van der Waals surface area contributed by atoms with E-state index in [2.05, 4.69) is 0 Å². The third-order valence-corrected chi connectivity index (χ3v) is 19.2. The fourth-order valence-electron chi connectivity index (χ4n) is 1.71. The molecule has 25 heavy (non-hydrogen) atoms. The van der Waals surface area contributed by atoms with Crippen molar-refractivity contribution in [3.63, 3.8) is 0 Å². The minimum atomic E-state index is -3.94. The first-order valence-electron chi connectivity index (χ1n) is 11.9. The third kappa shape index (κ3) is 16.1. The third-order valence-electron chi connectivity index (χ3n) is 2.13. The summed E-state index contributed by atoms with van der Waals surface area (Å²) in [7, 11) is -28.5. The van der Waals surface area contributed by atoms with Gasteiger partial charge < -0.3 is 28.8 Å². The highest BCUT2D eigenvalue weighted by molar-refractivity contribution is 6.71. The summed E-state index contributed by atoms with van der Waals surface area (Å²) in [5.41, 5.74) is 0. The minimum Gasteiger partial charge on any atom is -0.442 e. The molecule has 0 saturated heterocycles. The monoisotopic (exact) mass is 510 g/mol. The largest absolute Gasteiger partial charge is 0.442 e. The molecule has 0 amide bonds. The molecular formula is C10H38O7Si8. The predicted molar refractivity (Wildman–Crippen MR) is 123 cm³/mol. The molecule has 0 spiro atoms. The van der Waals surface area contributed by atoms with Crippen molar-refractivity contribution in [3.05, 3.63) is 0 Å². The maximum Gasteiger partial charge on any atom is 0.300 e. The van der Waals surface area contributed by atoms with Crippen molar-refractivity contribution < 1.29 is 28.8 Å². The van der Waals surface area contributed by atoms with Gasteiger partial charge in [-0.1, -0.05) is 0 Å². The zero-order valence-corrected chi connectivity index (χ0v) is 24.9. The van der Waals surface area contributed by atoms with Gasteiger partial charge in [0.05, 0.1) is 7.41 Å². The fraction of sp³-hybridized carbons (Fsp3) is 1.00. The Labute approximate surface area is 177 Å². The molecule has 0 rings (SSSR count). The normalized spacial score (nSPS) is 32.7. The summed E-state index contributed by atoms with van der Waals surface area (Å²) in [6.07, 6.45) is 0. The molecule has 0 aliphatic heterocycles. The van der Waals surface area contributed by atoms with Crippen LogP contribution in [0, 0.1) is 0 Å². The Hall–Kier alpha value is 1.46. The highest BCUT2D eigenvalue weighted by Gasteiger charge is 2.23. The van der Waals surface area contributed by atoms with Crippen LogP contribution in [0.5, 0.6) is 0 Å². The SMILES string of the molecule is [3H][Si](C)(C)O[Si]([3H])(C)O[Si]([3H])(C)O[Si]([3H])(C)O[Si]([3H])(C)O[Si]([3H])(C)O[Si]([3H])(C)O[Si]([3H])(C)C. The lowest BCUT2D eigenvalue weighted by Gasteiger charge is -2.26. The van der Waals surface area contributed by atoms with Crippen molar-refractivity contribution in [2.24, 2.45) is 0 Å². The summed E-state index contributed by atoms with van der Waals surface area (Å²) in [6, 6.07) is 0. The second kappa shape index (κ2) is 14.5. The molecule has 7 nitrogen and oxygen atoms in total. The van der Waals surface area contributed by atoms with Gasteiger partial charge in [0.25, 0.3) is 55.3 Å². The summed E-state index contributed by atoms with van der Waals surface area (Å²) in [6.45, 7) is 14.3. The van der Waals surface area contributed by atoms with E-state index in [-0.39, 0.29) is 0 Å². The van der Waals surface area contributed by atoms with E-state index < -0.39 is 73.2 Å². The Morgan fingerprint density at radius 1 is 0.360 bits per heavy atom. The van der Waals surface area contributed by atoms with E-state index >= 15 is 0 Å². The zero-order valence-electron chi connectivity index (χ0n) is 24.9. The van der Waals surface area contributed by atoms with Crippen molar-refractivity contribution >= 4 is 73.2 Å². The van der Waals surface area contributed by atoms with Crippen LogP contribution in [0.3, 0.4) is 0 Å². The van der Waals surface area contributed by atoms with Gasteiger partial charge in [-0.25, -0.2) is 0 Å². The van der Waals surface area contributed by atoms with Crippen LogP contribution in [0.25, 0.3) is 0 Å². The summed E-state index contributed by atoms with van der Waals surface area (Å²) >= 11 is 0. The van der Waals surface area contributed by atoms with Crippen LogP contribution in [0.1, 0.15) is 0 Å².